The molecule has 0 bridgehead atoms. The van der Waals surface area contributed by atoms with Crippen LogP contribution in [0.4, 0.5) is 0 Å². The normalized spacial score (nSPS) is 10.7. The topological polar surface area (TPSA) is 97.3 Å². The second-order valence-corrected chi connectivity index (χ2v) is 7.53. The van der Waals surface area contributed by atoms with E-state index in [1.807, 2.05) is 25.1 Å². The van der Waals surface area contributed by atoms with Crippen molar-refractivity contribution in [3.05, 3.63) is 86.0 Å². The van der Waals surface area contributed by atoms with E-state index in [2.05, 4.69) is 18.1 Å². The number of ether oxygens (including phenoxy) is 2. The number of rotatable bonds is 10. The van der Waals surface area contributed by atoms with Crippen LogP contribution in [0.5, 0.6) is 11.5 Å². The Labute approximate surface area is 188 Å². The van der Waals surface area contributed by atoms with Crippen LogP contribution >= 0.6 is 11.3 Å². The third-order valence-electron chi connectivity index (χ3n) is 4.59. The quantitative estimate of drug-likeness (QED) is 0.434. The van der Waals surface area contributed by atoms with Gasteiger partial charge < -0.3 is 9.47 Å². The number of aromatic nitrogens is 4. The SMILES string of the molecule is C=CCn1c(=O)n(CC=C)c(=O)n(Cc2csc(-c3ccc(OCC)c(OC)c3)n2)c1=O. The Balaban J connectivity index is 2.01. The fraction of sp³-hybridized carbons (Fsp3) is 0.273. The van der Waals surface area contributed by atoms with Gasteiger partial charge in [0.2, 0.25) is 0 Å². The average molecular weight is 457 g/mol. The number of methoxy groups -OCH3 is 1. The van der Waals surface area contributed by atoms with Gasteiger partial charge in [-0.05, 0) is 25.1 Å². The Morgan fingerprint density at radius 3 is 2.19 bits per heavy atom. The minimum absolute atomic E-state index is 0.0105. The van der Waals surface area contributed by atoms with E-state index in [1.165, 1.54) is 23.5 Å². The van der Waals surface area contributed by atoms with E-state index in [0.717, 1.165) is 19.3 Å². The van der Waals surface area contributed by atoms with Crippen LogP contribution in [0, 0.1) is 0 Å². The molecule has 9 nitrogen and oxygen atoms in total. The second kappa shape index (κ2) is 10.1. The summed E-state index contributed by atoms with van der Waals surface area (Å²) in [6.07, 6.45) is 2.85. The molecular formula is C22H24N4O5S. The Hall–Kier alpha value is -3.66. The molecule has 0 N–H and O–H groups in total. The van der Waals surface area contributed by atoms with E-state index < -0.39 is 17.1 Å². The number of benzene rings is 1. The van der Waals surface area contributed by atoms with Gasteiger partial charge in [0.1, 0.15) is 5.01 Å². The first-order chi connectivity index (χ1) is 15.4. The van der Waals surface area contributed by atoms with Gasteiger partial charge in [0.25, 0.3) is 0 Å². The van der Waals surface area contributed by atoms with Crippen LogP contribution < -0.4 is 26.5 Å². The van der Waals surface area contributed by atoms with E-state index in [4.69, 9.17) is 9.47 Å². The van der Waals surface area contributed by atoms with Gasteiger partial charge >= 0.3 is 17.1 Å². The number of thiazole rings is 1. The van der Waals surface area contributed by atoms with Gasteiger partial charge in [-0.1, -0.05) is 12.2 Å². The van der Waals surface area contributed by atoms with Crippen LogP contribution in [0.25, 0.3) is 10.6 Å². The third kappa shape index (κ3) is 4.50. The molecule has 0 saturated carbocycles. The van der Waals surface area contributed by atoms with Crippen LogP contribution in [-0.2, 0) is 19.6 Å². The Bertz CT molecular complexity index is 1270. The molecule has 2 heterocycles. The average Bonchev–Trinajstić information content (AvgIpc) is 3.26. The lowest BCUT2D eigenvalue weighted by Crippen LogP contribution is -2.54. The molecule has 0 spiro atoms. The highest BCUT2D eigenvalue weighted by Crippen LogP contribution is 2.33. The van der Waals surface area contributed by atoms with Gasteiger partial charge in [-0.15, -0.1) is 24.5 Å². The van der Waals surface area contributed by atoms with Crippen LogP contribution in [0.15, 0.2) is 63.3 Å². The molecule has 32 heavy (non-hydrogen) atoms. The molecule has 0 radical (unpaired) electrons. The molecule has 0 aliphatic heterocycles. The molecule has 1 aromatic carbocycles. The molecule has 3 rings (SSSR count). The van der Waals surface area contributed by atoms with Crippen molar-refractivity contribution >= 4 is 11.3 Å². The molecule has 0 amide bonds. The third-order valence-corrected chi connectivity index (χ3v) is 5.53. The van der Waals surface area contributed by atoms with Gasteiger partial charge in [-0.2, -0.15) is 0 Å². The van der Waals surface area contributed by atoms with Crippen LogP contribution in [0.3, 0.4) is 0 Å². The lowest BCUT2D eigenvalue weighted by atomic mass is 10.2. The maximum absolute atomic E-state index is 12.8. The van der Waals surface area contributed by atoms with Crippen molar-refractivity contribution in [3.63, 3.8) is 0 Å². The Kier molecular flexibility index (Phi) is 7.26. The monoisotopic (exact) mass is 456 g/mol. The van der Waals surface area contributed by atoms with Gasteiger partial charge in [0.05, 0.1) is 39.0 Å². The van der Waals surface area contributed by atoms with Crippen molar-refractivity contribution in [3.8, 4) is 22.1 Å². The van der Waals surface area contributed by atoms with E-state index in [0.29, 0.717) is 28.8 Å². The zero-order chi connectivity index (χ0) is 23.3. The van der Waals surface area contributed by atoms with E-state index in [-0.39, 0.29) is 19.6 Å². The molecule has 0 fully saturated rings. The highest BCUT2D eigenvalue weighted by atomic mass is 32.1. The van der Waals surface area contributed by atoms with E-state index in [9.17, 15) is 14.4 Å². The van der Waals surface area contributed by atoms with Crippen molar-refractivity contribution in [2.45, 2.75) is 26.6 Å². The highest BCUT2D eigenvalue weighted by Gasteiger charge is 2.16. The molecular weight excluding hydrogens is 432 g/mol. The first-order valence-electron chi connectivity index (χ1n) is 9.87. The number of hydrogen-bond acceptors (Lipinski definition) is 7. The fourth-order valence-electron chi connectivity index (χ4n) is 3.14. The van der Waals surface area contributed by atoms with E-state index in [1.54, 1.807) is 12.5 Å². The minimum Gasteiger partial charge on any atom is -0.493 e. The molecule has 0 unspecified atom stereocenters. The second-order valence-electron chi connectivity index (χ2n) is 6.68. The summed E-state index contributed by atoms with van der Waals surface area (Å²) >= 11 is 1.37. The summed E-state index contributed by atoms with van der Waals surface area (Å²) in [5.74, 6) is 1.22. The summed E-state index contributed by atoms with van der Waals surface area (Å²) in [5.41, 5.74) is -0.785. The van der Waals surface area contributed by atoms with Crippen molar-refractivity contribution in [1.29, 1.82) is 0 Å². The Morgan fingerprint density at radius 2 is 1.62 bits per heavy atom. The maximum Gasteiger partial charge on any atom is 0.336 e. The molecule has 0 aliphatic rings. The first kappa shape index (κ1) is 23.0. The lowest BCUT2D eigenvalue weighted by Gasteiger charge is -2.11. The summed E-state index contributed by atoms with van der Waals surface area (Å²) in [6, 6.07) is 5.49. The van der Waals surface area contributed by atoms with E-state index >= 15 is 0 Å². The summed E-state index contributed by atoms with van der Waals surface area (Å²) in [4.78, 5) is 42.7. The molecule has 0 aliphatic carbocycles. The van der Waals surface area contributed by atoms with Crippen molar-refractivity contribution < 1.29 is 9.47 Å². The molecule has 3 aromatic rings. The lowest BCUT2D eigenvalue weighted by molar-refractivity contribution is 0.311. The summed E-state index contributed by atoms with van der Waals surface area (Å²) < 4.78 is 13.8. The van der Waals surface area contributed by atoms with Crippen LogP contribution in [0.1, 0.15) is 12.6 Å². The minimum atomic E-state index is -0.711. The van der Waals surface area contributed by atoms with Crippen molar-refractivity contribution in [1.82, 2.24) is 18.7 Å². The van der Waals surface area contributed by atoms with Crippen LogP contribution in [-0.4, -0.2) is 32.4 Å². The van der Waals surface area contributed by atoms with Gasteiger partial charge in [0, 0.05) is 10.9 Å². The number of nitrogens with zero attached hydrogens (tertiary/aromatic N) is 4. The molecule has 168 valence electrons. The fourth-order valence-corrected chi connectivity index (χ4v) is 3.95. The predicted octanol–water partition coefficient (Wildman–Crippen LogP) is 2.12. The number of hydrogen-bond donors (Lipinski definition) is 0. The Morgan fingerprint density at radius 1 is 1.00 bits per heavy atom. The van der Waals surface area contributed by atoms with Gasteiger partial charge in [0.15, 0.2) is 11.5 Å². The summed E-state index contributed by atoms with van der Waals surface area (Å²) in [6.45, 7) is 9.46. The molecule has 2 aromatic heterocycles. The maximum atomic E-state index is 12.8. The van der Waals surface area contributed by atoms with Crippen molar-refractivity contribution in [2.75, 3.05) is 13.7 Å². The number of allylic oxidation sites excluding steroid dienone is 2. The zero-order valence-corrected chi connectivity index (χ0v) is 18.8. The molecule has 0 atom stereocenters. The molecule has 10 heteroatoms. The standard InChI is InChI=1S/C22H24N4O5S/c1-5-10-24-20(27)25(11-6-2)22(29)26(21(24)28)13-16-14-32-19(23-16)15-8-9-17(31-7-3)18(12-15)30-4/h5-6,8-9,12,14H,1-2,7,10-11,13H2,3-4H3. The van der Waals surface area contributed by atoms with Gasteiger partial charge in [-0.25, -0.2) is 33.1 Å². The predicted molar refractivity (Wildman–Crippen MR) is 124 cm³/mol. The molecule has 0 saturated heterocycles. The summed E-state index contributed by atoms with van der Waals surface area (Å²) in [7, 11) is 1.56. The zero-order valence-electron chi connectivity index (χ0n) is 17.9. The van der Waals surface area contributed by atoms with Gasteiger partial charge in [-0.3, -0.25) is 0 Å². The largest absolute Gasteiger partial charge is 0.493 e. The van der Waals surface area contributed by atoms with Crippen molar-refractivity contribution in [2.24, 2.45) is 0 Å². The summed E-state index contributed by atoms with van der Waals surface area (Å²) in [5, 5.41) is 2.46. The van der Waals surface area contributed by atoms with Crippen LogP contribution in [0.2, 0.25) is 0 Å². The first-order valence-corrected chi connectivity index (χ1v) is 10.7. The smallest absolute Gasteiger partial charge is 0.336 e. The highest BCUT2D eigenvalue weighted by molar-refractivity contribution is 7.13.